The molecule has 0 saturated heterocycles. The first-order valence-corrected chi connectivity index (χ1v) is 4.99. The molecule has 2 N–H and O–H groups in total. The van der Waals surface area contributed by atoms with Gasteiger partial charge in [-0.2, -0.15) is 0 Å². The molecule has 1 aromatic carbocycles. The molecule has 0 aliphatic rings. The van der Waals surface area contributed by atoms with Gasteiger partial charge in [0.25, 0.3) is 0 Å². The summed E-state index contributed by atoms with van der Waals surface area (Å²) in [6.45, 7) is 3.21. The number of aliphatic carboxylic acids is 1. The van der Waals surface area contributed by atoms with Crippen molar-refractivity contribution in [2.45, 2.75) is 12.5 Å². The van der Waals surface area contributed by atoms with Crippen LogP contribution in [0.4, 0.5) is 0 Å². The molecule has 0 saturated carbocycles. The van der Waals surface area contributed by atoms with E-state index in [0.717, 1.165) is 11.6 Å². The number of carbonyl (C=O) groups is 2. The Morgan fingerprint density at radius 2 is 2.06 bits per heavy atom. The number of carboxylic acids is 1. The Labute approximate surface area is 98.7 Å². The van der Waals surface area contributed by atoms with E-state index in [1.807, 2.05) is 18.2 Å². The molecule has 1 atom stereocenters. The van der Waals surface area contributed by atoms with Crippen molar-refractivity contribution < 1.29 is 19.5 Å². The monoisotopic (exact) mass is 235 g/mol. The third-order valence-electron chi connectivity index (χ3n) is 2.05. The average molecular weight is 235 g/mol. The number of carbonyl (C=O) groups excluding carboxylic acids is 1. The van der Waals surface area contributed by atoms with Crippen LogP contribution >= 0.6 is 0 Å². The van der Waals surface area contributed by atoms with Crippen molar-refractivity contribution in [3.8, 4) is 0 Å². The minimum Gasteiger partial charge on any atom is -0.480 e. The second kappa shape index (κ2) is 6.44. The number of hydrogen-bond acceptors (Lipinski definition) is 4. The van der Waals surface area contributed by atoms with E-state index >= 15 is 0 Å². The van der Waals surface area contributed by atoms with Gasteiger partial charge >= 0.3 is 11.9 Å². The highest BCUT2D eigenvalue weighted by Crippen LogP contribution is 2.03. The van der Waals surface area contributed by atoms with Gasteiger partial charge in [-0.1, -0.05) is 36.9 Å². The summed E-state index contributed by atoms with van der Waals surface area (Å²) in [5.74, 6) is -1.81. The Hall–Kier alpha value is -2.14. The maximum atomic E-state index is 10.9. The van der Waals surface area contributed by atoms with E-state index in [4.69, 9.17) is 5.11 Å². The molecule has 0 aromatic heterocycles. The van der Waals surface area contributed by atoms with E-state index in [-0.39, 0.29) is 6.42 Å². The molecule has 0 radical (unpaired) electrons. The largest absolute Gasteiger partial charge is 0.480 e. The highest BCUT2D eigenvalue weighted by Gasteiger charge is 2.19. The van der Waals surface area contributed by atoms with Gasteiger partial charge < -0.3 is 9.94 Å². The number of rotatable bonds is 6. The number of hydroxylamine groups is 1. The van der Waals surface area contributed by atoms with Gasteiger partial charge in [-0.15, -0.1) is 5.48 Å². The fourth-order valence-corrected chi connectivity index (χ4v) is 1.20. The topological polar surface area (TPSA) is 75.6 Å². The van der Waals surface area contributed by atoms with Gasteiger partial charge in [-0.05, 0) is 5.56 Å². The number of hydrogen-bond donors (Lipinski definition) is 2. The number of carboxylic acid groups (broad SMARTS) is 1. The summed E-state index contributed by atoms with van der Waals surface area (Å²) < 4.78 is 0. The second-order valence-corrected chi connectivity index (χ2v) is 3.32. The molecule has 1 unspecified atom stereocenters. The Morgan fingerprint density at radius 1 is 1.41 bits per heavy atom. The molecule has 1 rings (SSSR count). The summed E-state index contributed by atoms with van der Waals surface area (Å²) in [5.41, 5.74) is 3.03. The van der Waals surface area contributed by atoms with Crippen molar-refractivity contribution in [3.05, 3.63) is 48.6 Å². The van der Waals surface area contributed by atoms with Crippen LogP contribution in [-0.2, 0) is 20.8 Å². The predicted molar refractivity (Wildman–Crippen MR) is 61.0 cm³/mol. The Bertz CT molecular complexity index is 402. The fourth-order valence-electron chi connectivity index (χ4n) is 1.20. The molecule has 1 aromatic rings. The minimum absolute atomic E-state index is 0.223. The van der Waals surface area contributed by atoms with Crippen LogP contribution in [0.5, 0.6) is 0 Å². The van der Waals surface area contributed by atoms with Gasteiger partial charge in [0, 0.05) is 12.5 Å². The lowest BCUT2D eigenvalue weighted by atomic mass is 10.1. The van der Waals surface area contributed by atoms with E-state index in [9.17, 15) is 9.59 Å². The molecule has 0 bridgehead atoms. The normalized spacial score (nSPS) is 11.5. The van der Waals surface area contributed by atoms with E-state index < -0.39 is 18.0 Å². The Balaban J connectivity index is 2.58. The summed E-state index contributed by atoms with van der Waals surface area (Å²) in [4.78, 5) is 26.2. The van der Waals surface area contributed by atoms with E-state index in [0.29, 0.717) is 0 Å². The van der Waals surface area contributed by atoms with Crippen molar-refractivity contribution in [2.75, 3.05) is 0 Å². The van der Waals surface area contributed by atoms with Crippen molar-refractivity contribution in [2.24, 2.45) is 0 Å². The van der Waals surface area contributed by atoms with Crippen LogP contribution in [-0.4, -0.2) is 23.1 Å². The molecule has 90 valence electrons. The zero-order chi connectivity index (χ0) is 12.7. The summed E-state index contributed by atoms with van der Waals surface area (Å²) in [6, 6.07) is 8.07. The quantitative estimate of drug-likeness (QED) is 0.566. The van der Waals surface area contributed by atoms with Gasteiger partial charge in [0.15, 0.2) is 0 Å². The maximum Gasteiger partial charge on any atom is 0.348 e. The van der Waals surface area contributed by atoms with Crippen LogP contribution < -0.4 is 5.48 Å². The summed E-state index contributed by atoms with van der Waals surface area (Å²) >= 11 is 0. The first-order chi connectivity index (χ1) is 8.13. The molecule has 0 aliphatic heterocycles. The first-order valence-electron chi connectivity index (χ1n) is 4.99. The number of benzene rings is 1. The highest BCUT2D eigenvalue weighted by atomic mass is 16.7. The Morgan fingerprint density at radius 3 is 2.59 bits per heavy atom. The molecule has 0 amide bonds. The lowest BCUT2D eigenvalue weighted by Crippen LogP contribution is -2.39. The van der Waals surface area contributed by atoms with Crippen molar-refractivity contribution in [3.63, 3.8) is 0 Å². The SMILES string of the molecule is C=CC(=O)ONC(Cc1ccccc1)C(=O)O. The van der Waals surface area contributed by atoms with Gasteiger partial charge in [0.2, 0.25) is 0 Å². The van der Waals surface area contributed by atoms with Gasteiger partial charge in [0.05, 0.1) is 0 Å². The maximum absolute atomic E-state index is 10.9. The smallest absolute Gasteiger partial charge is 0.348 e. The molecular weight excluding hydrogens is 222 g/mol. The van der Waals surface area contributed by atoms with Crippen molar-refractivity contribution in [1.82, 2.24) is 5.48 Å². The standard InChI is InChI=1S/C12H13NO4/c1-2-11(14)17-13-10(12(15)16)8-9-6-4-3-5-7-9/h2-7,10,13H,1,8H2,(H,15,16). The lowest BCUT2D eigenvalue weighted by molar-refractivity contribution is -0.153. The van der Waals surface area contributed by atoms with Crippen LogP contribution in [0.2, 0.25) is 0 Å². The molecule has 17 heavy (non-hydrogen) atoms. The Kier molecular flexibility index (Phi) is 4.90. The predicted octanol–water partition coefficient (Wildman–Crippen LogP) is 0.916. The minimum atomic E-state index is -1.09. The van der Waals surface area contributed by atoms with Crippen molar-refractivity contribution >= 4 is 11.9 Å². The zero-order valence-electron chi connectivity index (χ0n) is 9.13. The molecule has 0 fully saturated rings. The summed E-state index contributed by atoms with van der Waals surface area (Å²) in [5, 5.41) is 8.94. The molecule has 0 aliphatic carbocycles. The van der Waals surface area contributed by atoms with E-state index in [1.165, 1.54) is 0 Å². The fraction of sp³-hybridized carbons (Fsp3) is 0.167. The van der Waals surface area contributed by atoms with Crippen LogP contribution in [0.1, 0.15) is 5.56 Å². The third kappa shape index (κ3) is 4.48. The average Bonchev–Trinajstić information content (AvgIpc) is 2.34. The van der Waals surface area contributed by atoms with Crippen molar-refractivity contribution in [1.29, 1.82) is 0 Å². The van der Waals surface area contributed by atoms with E-state index in [2.05, 4.69) is 16.9 Å². The molecule has 0 spiro atoms. The first kappa shape index (κ1) is 12.9. The van der Waals surface area contributed by atoms with Crippen LogP contribution in [0.15, 0.2) is 43.0 Å². The van der Waals surface area contributed by atoms with Gasteiger partial charge in [-0.25, -0.2) is 4.79 Å². The van der Waals surface area contributed by atoms with Crippen LogP contribution in [0.25, 0.3) is 0 Å². The molecule has 5 nitrogen and oxygen atoms in total. The molecule has 5 heteroatoms. The third-order valence-corrected chi connectivity index (χ3v) is 2.05. The second-order valence-electron chi connectivity index (χ2n) is 3.32. The summed E-state index contributed by atoms with van der Waals surface area (Å²) in [6.07, 6.45) is 1.18. The number of nitrogens with one attached hydrogen (secondary N) is 1. The highest BCUT2D eigenvalue weighted by molar-refractivity contribution is 5.81. The van der Waals surface area contributed by atoms with Gasteiger partial charge in [-0.3, -0.25) is 4.79 Å². The van der Waals surface area contributed by atoms with Crippen LogP contribution in [0, 0.1) is 0 Å². The van der Waals surface area contributed by atoms with E-state index in [1.54, 1.807) is 12.1 Å². The summed E-state index contributed by atoms with van der Waals surface area (Å²) in [7, 11) is 0. The molecule has 0 heterocycles. The molecular formula is C12H13NO4. The van der Waals surface area contributed by atoms with Crippen LogP contribution in [0.3, 0.4) is 0 Å². The van der Waals surface area contributed by atoms with Gasteiger partial charge in [0.1, 0.15) is 6.04 Å². The zero-order valence-corrected chi connectivity index (χ0v) is 9.13. The lowest BCUT2D eigenvalue weighted by Gasteiger charge is -2.13.